The van der Waals surface area contributed by atoms with Crippen LogP contribution >= 0.6 is 15.9 Å². The standard InChI is InChI=1S/C14H19BrN4/c1-3-19-9-17-8-14(19)13(7-16)18-12-6-10(2)4-5-11(12)15/h4-6,8-9,13,18H,3,7,16H2,1-2H3. The van der Waals surface area contributed by atoms with Crippen molar-refractivity contribution in [1.82, 2.24) is 9.55 Å². The van der Waals surface area contributed by atoms with E-state index in [0.29, 0.717) is 6.54 Å². The van der Waals surface area contributed by atoms with E-state index in [-0.39, 0.29) is 6.04 Å². The largest absolute Gasteiger partial charge is 0.375 e. The number of nitrogens with zero attached hydrogens (tertiary/aromatic N) is 2. The van der Waals surface area contributed by atoms with Crippen LogP contribution in [0.25, 0.3) is 0 Å². The van der Waals surface area contributed by atoms with Crippen molar-refractivity contribution >= 4 is 21.6 Å². The predicted molar refractivity (Wildman–Crippen MR) is 82.2 cm³/mol. The molecule has 102 valence electrons. The first kappa shape index (κ1) is 14.1. The summed E-state index contributed by atoms with van der Waals surface area (Å²) in [6, 6.07) is 6.28. The molecule has 0 aliphatic carbocycles. The Kier molecular flexibility index (Phi) is 4.61. The second kappa shape index (κ2) is 6.21. The Labute approximate surface area is 122 Å². The molecule has 1 aromatic carbocycles. The summed E-state index contributed by atoms with van der Waals surface area (Å²) in [7, 11) is 0. The van der Waals surface area contributed by atoms with Gasteiger partial charge in [0.25, 0.3) is 0 Å². The molecule has 0 saturated carbocycles. The molecule has 1 unspecified atom stereocenters. The lowest BCUT2D eigenvalue weighted by molar-refractivity contribution is 0.654. The van der Waals surface area contributed by atoms with Gasteiger partial charge in [0, 0.05) is 23.2 Å². The number of aromatic nitrogens is 2. The Bertz CT molecular complexity index is 550. The molecule has 0 amide bonds. The molecule has 5 heteroatoms. The Morgan fingerprint density at radius 2 is 2.26 bits per heavy atom. The zero-order valence-corrected chi connectivity index (χ0v) is 12.8. The second-order valence-corrected chi connectivity index (χ2v) is 5.37. The molecular weight excluding hydrogens is 304 g/mol. The van der Waals surface area contributed by atoms with Gasteiger partial charge in [0.2, 0.25) is 0 Å². The summed E-state index contributed by atoms with van der Waals surface area (Å²) in [6.07, 6.45) is 3.71. The van der Waals surface area contributed by atoms with Crippen molar-refractivity contribution < 1.29 is 0 Å². The summed E-state index contributed by atoms with van der Waals surface area (Å²) in [4.78, 5) is 4.20. The normalized spacial score (nSPS) is 12.4. The molecule has 1 heterocycles. The van der Waals surface area contributed by atoms with Gasteiger partial charge in [-0.15, -0.1) is 0 Å². The first-order valence-electron chi connectivity index (χ1n) is 6.38. The molecule has 0 aliphatic heterocycles. The van der Waals surface area contributed by atoms with Gasteiger partial charge in [-0.3, -0.25) is 0 Å². The minimum absolute atomic E-state index is 0.0561. The Hall–Kier alpha value is -1.33. The lowest BCUT2D eigenvalue weighted by Crippen LogP contribution is -2.23. The van der Waals surface area contributed by atoms with Crippen LogP contribution in [0.15, 0.2) is 35.2 Å². The van der Waals surface area contributed by atoms with Crippen molar-refractivity contribution in [3.05, 3.63) is 46.5 Å². The summed E-state index contributed by atoms with van der Waals surface area (Å²) in [6.45, 7) is 5.58. The number of imidazole rings is 1. The van der Waals surface area contributed by atoms with Crippen molar-refractivity contribution in [1.29, 1.82) is 0 Å². The number of benzene rings is 1. The van der Waals surface area contributed by atoms with Crippen molar-refractivity contribution in [3.8, 4) is 0 Å². The van der Waals surface area contributed by atoms with Crippen LogP contribution in [0, 0.1) is 6.92 Å². The molecule has 0 radical (unpaired) electrons. The topological polar surface area (TPSA) is 55.9 Å². The average Bonchev–Trinajstić information content (AvgIpc) is 2.88. The number of hydrogen-bond donors (Lipinski definition) is 2. The van der Waals surface area contributed by atoms with Crippen LogP contribution in [-0.4, -0.2) is 16.1 Å². The fraction of sp³-hybridized carbons (Fsp3) is 0.357. The van der Waals surface area contributed by atoms with Crippen molar-refractivity contribution in [2.75, 3.05) is 11.9 Å². The molecule has 0 bridgehead atoms. The molecule has 1 aromatic heterocycles. The summed E-state index contributed by atoms with van der Waals surface area (Å²) >= 11 is 3.56. The van der Waals surface area contributed by atoms with E-state index < -0.39 is 0 Å². The van der Waals surface area contributed by atoms with Crippen LogP contribution in [-0.2, 0) is 6.54 Å². The van der Waals surface area contributed by atoms with Crippen LogP contribution in [0.1, 0.15) is 24.2 Å². The molecule has 0 fully saturated rings. The van der Waals surface area contributed by atoms with E-state index >= 15 is 0 Å². The van der Waals surface area contributed by atoms with Crippen LogP contribution < -0.4 is 11.1 Å². The maximum Gasteiger partial charge on any atom is 0.0948 e. The van der Waals surface area contributed by atoms with Gasteiger partial charge in [0.15, 0.2) is 0 Å². The molecule has 4 nitrogen and oxygen atoms in total. The summed E-state index contributed by atoms with van der Waals surface area (Å²) < 4.78 is 3.15. The molecule has 0 aliphatic rings. The van der Waals surface area contributed by atoms with Gasteiger partial charge in [-0.25, -0.2) is 4.98 Å². The highest BCUT2D eigenvalue weighted by Gasteiger charge is 2.15. The second-order valence-electron chi connectivity index (χ2n) is 4.52. The molecule has 2 rings (SSSR count). The Balaban J connectivity index is 2.26. The van der Waals surface area contributed by atoms with Crippen LogP contribution in [0.2, 0.25) is 0 Å². The zero-order chi connectivity index (χ0) is 13.8. The van der Waals surface area contributed by atoms with E-state index in [2.05, 4.69) is 56.8 Å². The third-order valence-electron chi connectivity index (χ3n) is 3.13. The van der Waals surface area contributed by atoms with Gasteiger partial charge < -0.3 is 15.6 Å². The number of anilines is 1. The number of rotatable bonds is 5. The van der Waals surface area contributed by atoms with E-state index in [1.807, 2.05) is 18.6 Å². The quantitative estimate of drug-likeness (QED) is 0.889. The van der Waals surface area contributed by atoms with Gasteiger partial charge in [-0.2, -0.15) is 0 Å². The minimum Gasteiger partial charge on any atom is -0.375 e. The summed E-state index contributed by atoms with van der Waals surface area (Å²) in [5, 5.41) is 3.48. The van der Waals surface area contributed by atoms with Crippen molar-refractivity contribution in [3.63, 3.8) is 0 Å². The van der Waals surface area contributed by atoms with E-state index in [0.717, 1.165) is 22.4 Å². The molecule has 2 aromatic rings. The molecule has 0 saturated heterocycles. The summed E-state index contributed by atoms with van der Waals surface area (Å²) in [5.74, 6) is 0. The third-order valence-corrected chi connectivity index (χ3v) is 3.82. The monoisotopic (exact) mass is 322 g/mol. The highest BCUT2D eigenvalue weighted by Crippen LogP contribution is 2.27. The highest BCUT2D eigenvalue weighted by molar-refractivity contribution is 9.10. The maximum absolute atomic E-state index is 5.90. The fourth-order valence-corrected chi connectivity index (χ4v) is 2.44. The van der Waals surface area contributed by atoms with E-state index in [9.17, 15) is 0 Å². The van der Waals surface area contributed by atoms with Crippen molar-refractivity contribution in [2.45, 2.75) is 26.4 Å². The van der Waals surface area contributed by atoms with Crippen molar-refractivity contribution in [2.24, 2.45) is 5.73 Å². The highest BCUT2D eigenvalue weighted by atomic mass is 79.9. The van der Waals surface area contributed by atoms with Crippen LogP contribution in [0.4, 0.5) is 5.69 Å². The molecule has 19 heavy (non-hydrogen) atoms. The third kappa shape index (κ3) is 3.16. The van der Waals surface area contributed by atoms with Gasteiger partial charge >= 0.3 is 0 Å². The van der Waals surface area contributed by atoms with Gasteiger partial charge in [0.1, 0.15) is 0 Å². The number of hydrogen-bond acceptors (Lipinski definition) is 3. The fourth-order valence-electron chi connectivity index (χ4n) is 2.08. The smallest absolute Gasteiger partial charge is 0.0948 e. The van der Waals surface area contributed by atoms with E-state index in [1.165, 1.54) is 5.56 Å². The lowest BCUT2D eigenvalue weighted by Gasteiger charge is -2.20. The Morgan fingerprint density at radius 3 is 2.95 bits per heavy atom. The minimum atomic E-state index is 0.0561. The first-order valence-corrected chi connectivity index (χ1v) is 7.17. The number of nitrogens with two attached hydrogens (primary N) is 1. The van der Waals surface area contributed by atoms with Crippen LogP contribution in [0.3, 0.4) is 0 Å². The van der Waals surface area contributed by atoms with Gasteiger partial charge in [-0.05, 0) is 47.5 Å². The van der Waals surface area contributed by atoms with E-state index in [4.69, 9.17) is 5.73 Å². The summed E-state index contributed by atoms with van der Waals surface area (Å²) in [5.41, 5.74) is 9.28. The van der Waals surface area contributed by atoms with Gasteiger partial charge in [0.05, 0.1) is 24.3 Å². The molecular formula is C14H19BrN4. The van der Waals surface area contributed by atoms with Crippen LogP contribution in [0.5, 0.6) is 0 Å². The maximum atomic E-state index is 5.90. The number of nitrogens with one attached hydrogen (secondary N) is 1. The Morgan fingerprint density at radius 1 is 1.47 bits per heavy atom. The zero-order valence-electron chi connectivity index (χ0n) is 11.2. The molecule has 1 atom stereocenters. The lowest BCUT2D eigenvalue weighted by atomic mass is 10.1. The molecule has 0 spiro atoms. The predicted octanol–water partition coefficient (Wildman–Crippen LogP) is 3.09. The number of halogens is 1. The first-order chi connectivity index (χ1) is 9.15. The number of aryl methyl sites for hydroxylation is 2. The van der Waals surface area contributed by atoms with E-state index in [1.54, 1.807) is 0 Å². The average molecular weight is 323 g/mol. The van der Waals surface area contributed by atoms with Gasteiger partial charge in [-0.1, -0.05) is 6.07 Å². The SMILES string of the molecule is CCn1cncc1C(CN)Nc1cc(C)ccc1Br. The molecule has 3 N–H and O–H groups in total.